The number of hydrogen-bond acceptors (Lipinski definition) is 24. The molecule has 10 aromatic carbocycles. The summed E-state index contributed by atoms with van der Waals surface area (Å²) in [4.78, 5) is 85.0. The zero-order chi connectivity index (χ0) is 80.6. The van der Waals surface area contributed by atoms with Crippen LogP contribution in [0.3, 0.4) is 0 Å². The van der Waals surface area contributed by atoms with E-state index in [1.807, 2.05) is 27.7 Å². The van der Waals surface area contributed by atoms with Crippen LogP contribution in [-0.2, 0) is 28.8 Å². The summed E-state index contributed by atoms with van der Waals surface area (Å²) in [6, 6.07) is 49.2. The highest BCUT2D eigenvalue weighted by molar-refractivity contribution is 6.27. The molecule has 10 aromatic rings. The van der Waals surface area contributed by atoms with Gasteiger partial charge in [-0.05, 0) is 279 Å². The normalized spacial score (nSPS) is 12.0. The van der Waals surface area contributed by atoms with E-state index < -0.39 is 48.0 Å². The molecular weight excluding hydrogens is 1460 g/mol. The lowest BCUT2D eigenvalue weighted by Crippen LogP contribution is -2.11. The second-order valence-electron chi connectivity index (χ2n) is 24.4. The van der Waals surface area contributed by atoms with Gasteiger partial charge in [-0.3, -0.25) is 0 Å². The Morgan fingerprint density at radius 2 is 0.386 bits per heavy atom. The van der Waals surface area contributed by atoms with Crippen LogP contribution in [0.2, 0.25) is 0 Å². The minimum Gasteiger partial charge on any atom is -0.494 e. The minimum absolute atomic E-state index is 0.0882. The number of aliphatic hydroxyl groups is 2. The summed E-state index contributed by atoms with van der Waals surface area (Å²) >= 11 is 0. The van der Waals surface area contributed by atoms with Crippen LogP contribution >= 0.6 is 0 Å². The third-order valence-corrected chi connectivity index (χ3v) is 16.3. The highest BCUT2D eigenvalue weighted by atomic mass is 16.6. The minimum atomic E-state index is -0.967. The maximum Gasteiger partial charge on any atom is 0.336 e. The van der Waals surface area contributed by atoms with Crippen molar-refractivity contribution in [2.24, 2.45) is 0 Å². The van der Waals surface area contributed by atoms with Gasteiger partial charge in [0.25, 0.3) is 0 Å². The Labute approximate surface area is 657 Å². The fourth-order valence-electron chi connectivity index (χ4n) is 11.0. The lowest BCUT2D eigenvalue weighted by Gasteiger charge is -2.18. The first-order chi connectivity index (χ1) is 55.4. The highest BCUT2D eigenvalue weighted by Crippen LogP contribution is 2.48. The molecule has 114 heavy (non-hydrogen) atoms. The Morgan fingerprint density at radius 3 is 0.526 bits per heavy atom. The van der Waals surface area contributed by atoms with Gasteiger partial charge in [-0.1, -0.05) is 24.3 Å². The van der Waals surface area contributed by atoms with E-state index in [0.29, 0.717) is 95.0 Å². The SMILES string of the molecule is CCOc1ccc(OC/C=C/C(=O)Oc2cc3c4cc(OC(=O)/C=C/COc5ccc(OCC)cc5)c(OC(=O)/C=C/COc5ccc(OCC)cc5)cc4c4cc(OC(=O)/C=C/COc5ccc(C(C)O)cc5)c(OC(=O)/C=C/COc5ccc(C(C)O)cc5)cc4c3cc2OC(=O)/C=C/COc2ccc(OCC)cc2)cc1. The number of esters is 6. The number of carbonyl (C=O) groups is 6. The monoisotopic (exact) mass is 1550 g/mol. The van der Waals surface area contributed by atoms with Gasteiger partial charge >= 0.3 is 35.8 Å². The molecule has 10 rings (SSSR count). The zero-order valence-electron chi connectivity index (χ0n) is 63.4. The van der Waals surface area contributed by atoms with Gasteiger partial charge in [0.05, 0.1) is 38.6 Å². The predicted octanol–water partition coefficient (Wildman–Crippen LogP) is 16.1. The van der Waals surface area contributed by atoms with Crippen LogP contribution in [0.5, 0.6) is 92.0 Å². The lowest BCUT2D eigenvalue weighted by molar-refractivity contribution is -0.131. The topological polar surface area (TPSA) is 291 Å². The van der Waals surface area contributed by atoms with Crippen LogP contribution in [0.15, 0.2) is 255 Å². The molecule has 24 nitrogen and oxygen atoms in total. The third kappa shape index (κ3) is 25.1. The predicted molar refractivity (Wildman–Crippen MR) is 425 cm³/mol. The molecule has 0 saturated heterocycles. The number of carbonyl (C=O) groups excluding carboxylic acids is 6. The summed E-state index contributed by atoms with van der Waals surface area (Å²) in [5.41, 5.74) is 1.32. The number of ether oxygens (including phenoxy) is 16. The summed E-state index contributed by atoms with van der Waals surface area (Å²) in [7, 11) is 0. The Bertz CT molecular complexity index is 4540. The van der Waals surface area contributed by atoms with Crippen molar-refractivity contribution in [2.45, 2.75) is 53.8 Å². The van der Waals surface area contributed by atoms with Gasteiger partial charge in [0.15, 0.2) is 34.5 Å². The zero-order valence-corrected chi connectivity index (χ0v) is 63.4. The van der Waals surface area contributed by atoms with Gasteiger partial charge in [-0.2, -0.15) is 0 Å². The van der Waals surface area contributed by atoms with Crippen LogP contribution in [0.4, 0.5) is 0 Å². The van der Waals surface area contributed by atoms with Crippen molar-refractivity contribution in [1.29, 1.82) is 0 Å². The molecule has 0 saturated carbocycles. The van der Waals surface area contributed by atoms with E-state index in [1.54, 1.807) is 159 Å². The van der Waals surface area contributed by atoms with Gasteiger partial charge in [0.1, 0.15) is 97.1 Å². The van der Waals surface area contributed by atoms with Crippen LogP contribution < -0.4 is 75.8 Å². The molecule has 0 radical (unpaired) electrons. The lowest BCUT2D eigenvalue weighted by atomic mass is 9.93. The Kier molecular flexibility index (Phi) is 30.7. The van der Waals surface area contributed by atoms with Gasteiger partial charge in [-0.25, -0.2) is 28.8 Å². The standard InChI is InChI=1S/C90H84O24/c1-7-99-63-31-39-69(40-32-63)105-49-13-19-87(95)111-81-55-75-73-53-79(109-85(93)17-11-47-103-67-27-23-61(24-28-67)59(5)91)80(110-86(94)18-12-48-104-68-29-25-62(26-30-68)60(6)92)54-74(73)76-56-82(112-88(96)20-14-50-106-70-41-33-64(34-42-70)100-8-2)84(114-90(98)22-16-52-108-72-45-37-66(38-46-72)102-10-4)58-78(76)77(75)57-83(81)113-89(97)21-15-51-107-71-43-35-65(36-44-71)101-9-3/h11-46,53-60,91-92H,7-10,47-52H2,1-6H3/b17-11+,18-12+,19-13+,20-14+,21-15+,22-16+. The molecule has 0 fully saturated rings. The fraction of sp³-hybridized carbons (Fsp3) is 0.200. The van der Waals surface area contributed by atoms with Crippen molar-refractivity contribution in [3.05, 3.63) is 266 Å². The smallest absolute Gasteiger partial charge is 0.336 e. The first-order valence-corrected chi connectivity index (χ1v) is 36.5. The van der Waals surface area contributed by atoms with E-state index in [2.05, 4.69) is 0 Å². The molecule has 2 atom stereocenters. The van der Waals surface area contributed by atoms with Gasteiger partial charge in [0, 0.05) is 36.5 Å². The molecule has 0 amide bonds. The molecule has 0 aromatic heterocycles. The molecule has 24 heteroatoms. The number of hydrogen-bond donors (Lipinski definition) is 2. The average Bonchev–Trinajstić information content (AvgIpc) is 0.723. The molecule has 588 valence electrons. The number of benzene rings is 10. The van der Waals surface area contributed by atoms with E-state index in [-0.39, 0.29) is 106 Å². The highest BCUT2D eigenvalue weighted by Gasteiger charge is 2.25. The van der Waals surface area contributed by atoms with Crippen molar-refractivity contribution < 1.29 is 115 Å². The third-order valence-electron chi connectivity index (χ3n) is 16.3. The summed E-state index contributed by atoms with van der Waals surface area (Å²) in [6.07, 6.45) is 13.6. The Hall–Kier alpha value is -13.8. The summed E-state index contributed by atoms with van der Waals surface area (Å²) < 4.78 is 93.8. The maximum atomic E-state index is 14.2. The van der Waals surface area contributed by atoms with Crippen molar-refractivity contribution in [3.63, 3.8) is 0 Å². The van der Waals surface area contributed by atoms with Crippen molar-refractivity contribution in [2.75, 3.05) is 66.1 Å². The number of fused-ring (bicyclic) bond motifs is 6. The van der Waals surface area contributed by atoms with Gasteiger partial charge in [0.2, 0.25) is 0 Å². The summed E-state index contributed by atoms with van der Waals surface area (Å²) in [6.45, 7) is 12.0. The van der Waals surface area contributed by atoms with Crippen LogP contribution in [0.25, 0.3) is 32.3 Å². The molecule has 2 N–H and O–H groups in total. The number of rotatable bonds is 40. The van der Waals surface area contributed by atoms with Crippen molar-refractivity contribution in [1.82, 2.24) is 0 Å². The first-order valence-electron chi connectivity index (χ1n) is 36.5. The molecule has 0 aliphatic carbocycles. The molecular formula is C90H84O24. The van der Waals surface area contributed by atoms with Crippen LogP contribution in [0, 0.1) is 0 Å². The summed E-state index contributed by atoms with van der Waals surface area (Å²) in [5, 5.41) is 21.2. The van der Waals surface area contributed by atoms with Crippen LogP contribution in [-0.4, -0.2) is 112 Å². The molecule has 0 spiro atoms. The van der Waals surface area contributed by atoms with Gasteiger partial charge < -0.3 is 86.0 Å². The molecule has 2 unspecified atom stereocenters. The van der Waals surface area contributed by atoms with Crippen molar-refractivity contribution in [3.8, 4) is 92.0 Å². The second-order valence-corrected chi connectivity index (χ2v) is 24.4. The van der Waals surface area contributed by atoms with E-state index in [0.717, 1.165) is 36.5 Å². The average molecular weight is 1550 g/mol. The van der Waals surface area contributed by atoms with Crippen LogP contribution in [0.1, 0.15) is 64.9 Å². The van der Waals surface area contributed by atoms with Gasteiger partial charge in [-0.15, -0.1) is 0 Å². The molecule has 0 heterocycles. The van der Waals surface area contributed by atoms with E-state index >= 15 is 0 Å². The fourth-order valence-corrected chi connectivity index (χ4v) is 11.0. The Morgan fingerprint density at radius 1 is 0.246 bits per heavy atom. The second kappa shape index (κ2) is 42.4. The molecule has 0 bridgehead atoms. The maximum absolute atomic E-state index is 14.2. The molecule has 0 aliphatic heterocycles. The largest absolute Gasteiger partial charge is 0.494 e. The first kappa shape index (κ1) is 82.6. The molecule has 0 aliphatic rings. The Balaban J connectivity index is 1.10. The van der Waals surface area contributed by atoms with Crippen molar-refractivity contribution >= 4 is 68.1 Å². The summed E-state index contributed by atoms with van der Waals surface area (Å²) in [5.74, 6) is -2.39. The van der Waals surface area contributed by atoms with E-state index in [4.69, 9.17) is 75.8 Å². The number of aliphatic hydroxyl groups excluding tert-OH is 2. The van der Waals surface area contributed by atoms with E-state index in [9.17, 15) is 39.0 Å². The van der Waals surface area contributed by atoms with E-state index in [1.165, 1.54) is 72.9 Å². The quantitative estimate of drug-likeness (QED) is 0.0156.